The van der Waals surface area contributed by atoms with Gasteiger partial charge in [0.05, 0.1) is 0 Å². The van der Waals surface area contributed by atoms with Crippen LogP contribution in [0.2, 0.25) is 0 Å². The van der Waals surface area contributed by atoms with Gasteiger partial charge >= 0.3 is 17.1 Å². The van der Waals surface area contributed by atoms with Crippen molar-refractivity contribution in [1.82, 2.24) is 13.7 Å². The smallest absolute Gasteiger partial charge is 0.336 e. The molecule has 256 valence electrons. The Morgan fingerprint density at radius 1 is 0.565 bits per heavy atom. The average Bonchev–Trinajstić information content (AvgIpc) is 2.87. The van der Waals surface area contributed by atoms with Crippen molar-refractivity contribution in [2.75, 3.05) is 13.2 Å². The summed E-state index contributed by atoms with van der Waals surface area (Å²) in [6.45, 7) is 21.9. The molecule has 1 heterocycles. The minimum Gasteiger partial charge on any atom is -0.427 e. The second-order valence-electron chi connectivity index (χ2n) is 18.7. The molecule has 0 radical (unpaired) electrons. The highest BCUT2D eigenvalue weighted by Gasteiger charge is 2.48. The number of ether oxygens (including phenoxy) is 2. The zero-order valence-corrected chi connectivity index (χ0v) is 30.0. The van der Waals surface area contributed by atoms with E-state index in [0.29, 0.717) is 38.5 Å². The van der Waals surface area contributed by atoms with Gasteiger partial charge in [-0.3, -0.25) is 0 Å². The van der Waals surface area contributed by atoms with Gasteiger partial charge in [-0.2, -0.15) is 10.5 Å². The molecular weight excluding hydrogens is 582 g/mol. The molecular formula is C36H57N5O5. The summed E-state index contributed by atoms with van der Waals surface area (Å²) in [6, 6.07) is -1.27. The van der Waals surface area contributed by atoms with Gasteiger partial charge in [-0.25, -0.2) is 28.1 Å². The third kappa shape index (κ3) is 7.42. The number of nitrogens with zero attached hydrogens (tertiary/aromatic N) is 5. The molecule has 0 aliphatic heterocycles. The predicted octanol–water partition coefficient (Wildman–Crippen LogP) is 6.85. The van der Waals surface area contributed by atoms with Gasteiger partial charge < -0.3 is 9.47 Å². The third-order valence-electron chi connectivity index (χ3n) is 11.4. The summed E-state index contributed by atoms with van der Waals surface area (Å²) in [5, 5.41) is 18.4. The summed E-state index contributed by atoms with van der Waals surface area (Å²) >= 11 is 0. The Morgan fingerprint density at radius 2 is 0.848 bits per heavy atom. The molecule has 0 amide bonds. The van der Waals surface area contributed by atoms with E-state index < -0.39 is 40.0 Å². The van der Waals surface area contributed by atoms with Crippen molar-refractivity contribution in [2.24, 2.45) is 32.5 Å². The van der Waals surface area contributed by atoms with Crippen LogP contribution < -0.4 is 17.1 Å². The molecule has 1 aromatic rings. The van der Waals surface area contributed by atoms with Gasteiger partial charge in [0, 0.05) is 29.0 Å². The highest BCUT2D eigenvalue weighted by atomic mass is 16.5. The van der Waals surface area contributed by atoms with Crippen molar-refractivity contribution < 1.29 is 9.47 Å². The largest absolute Gasteiger partial charge is 0.427 e. The fourth-order valence-corrected chi connectivity index (χ4v) is 10.7. The fourth-order valence-electron chi connectivity index (χ4n) is 10.7. The Balaban J connectivity index is 1.99. The molecule has 3 aliphatic rings. The van der Waals surface area contributed by atoms with E-state index in [1.54, 1.807) is 12.5 Å². The summed E-state index contributed by atoms with van der Waals surface area (Å²) in [7, 11) is 0. The topological polar surface area (TPSA) is 132 Å². The fraction of sp³-hybridized carbons (Fsp3) is 0.861. The zero-order chi connectivity index (χ0) is 34.5. The van der Waals surface area contributed by atoms with E-state index in [1.807, 2.05) is 0 Å². The molecule has 3 fully saturated rings. The summed E-state index contributed by atoms with van der Waals surface area (Å²) in [4.78, 5) is 44.3. The van der Waals surface area contributed by atoms with Crippen molar-refractivity contribution in [2.45, 2.75) is 152 Å². The second-order valence-corrected chi connectivity index (χ2v) is 18.7. The summed E-state index contributed by atoms with van der Waals surface area (Å²) in [5.41, 5.74) is -3.09. The van der Waals surface area contributed by atoms with Gasteiger partial charge in [-0.05, 0) is 79.4 Å². The van der Waals surface area contributed by atoms with Crippen molar-refractivity contribution >= 4 is 0 Å². The number of rotatable bonds is 8. The minimum absolute atomic E-state index is 0.0514. The SMILES string of the molecule is CCC1(C)CC(n2c(=O)n(C3CC(C)(C)CC(C)(COC#N)C3)c(=O)n(C3CC(C)(C)CC(C)(COC#N)C3)c2=O)CC(C)(C)C1. The van der Waals surface area contributed by atoms with E-state index in [2.05, 4.69) is 69.2 Å². The molecule has 4 rings (SSSR count). The van der Waals surface area contributed by atoms with E-state index >= 15 is 0 Å². The van der Waals surface area contributed by atoms with Gasteiger partial charge in [-0.1, -0.05) is 75.7 Å². The first-order chi connectivity index (χ1) is 21.1. The molecule has 0 bridgehead atoms. The maximum Gasteiger partial charge on any atom is 0.336 e. The van der Waals surface area contributed by atoms with Crippen LogP contribution in [0.5, 0.6) is 0 Å². The summed E-state index contributed by atoms with van der Waals surface area (Å²) < 4.78 is 14.7. The second kappa shape index (κ2) is 12.2. The van der Waals surface area contributed by atoms with E-state index in [0.717, 1.165) is 25.7 Å². The van der Waals surface area contributed by atoms with E-state index in [9.17, 15) is 24.9 Å². The van der Waals surface area contributed by atoms with Gasteiger partial charge in [0.15, 0.2) is 0 Å². The monoisotopic (exact) mass is 639 g/mol. The van der Waals surface area contributed by atoms with Gasteiger partial charge in [0.25, 0.3) is 12.5 Å². The lowest BCUT2D eigenvalue weighted by atomic mass is 9.61. The number of hydrogen-bond donors (Lipinski definition) is 0. The van der Waals surface area contributed by atoms with Gasteiger partial charge in [0.1, 0.15) is 13.2 Å². The average molecular weight is 640 g/mol. The van der Waals surface area contributed by atoms with Crippen LogP contribution in [0, 0.1) is 55.5 Å². The van der Waals surface area contributed by atoms with Crippen LogP contribution in [0.15, 0.2) is 14.4 Å². The van der Waals surface area contributed by atoms with Crippen LogP contribution in [0.25, 0.3) is 0 Å². The highest BCUT2D eigenvalue weighted by molar-refractivity contribution is 5.02. The number of aromatic nitrogens is 3. The standard InChI is InChI=1S/C36H57N5O5/c1-11-34(8)15-25(12-31(2,3)18-34)39-28(42)40(26-13-32(4,5)19-35(9,16-26)21-45-23-37)30(44)41(29(39)43)27-14-33(6,7)20-36(10,17-27)22-46-24-38/h25-27H,11-22H2,1-10H3. The van der Waals surface area contributed by atoms with Gasteiger partial charge in [-0.15, -0.1) is 0 Å². The van der Waals surface area contributed by atoms with Crippen molar-refractivity contribution in [3.05, 3.63) is 31.5 Å². The van der Waals surface area contributed by atoms with Gasteiger partial charge in [0.2, 0.25) is 0 Å². The Labute approximate surface area is 274 Å². The lowest BCUT2D eigenvalue weighted by Crippen LogP contribution is -2.60. The Morgan fingerprint density at radius 3 is 1.13 bits per heavy atom. The van der Waals surface area contributed by atoms with Crippen LogP contribution in [-0.4, -0.2) is 26.9 Å². The van der Waals surface area contributed by atoms with Crippen LogP contribution >= 0.6 is 0 Å². The first kappa shape index (κ1) is 35.8. The van der Waals surface area contributed by atoms with Crippen LogP contribution in [0.3, 0.4) is 0 Å². The molecule has 1 aromatic heterocycles. The molecule has 3 saturated carbocycles. The molecule has 6 atom stereocenters. The third-order valence-corrected chi connectivity index (χ3v) is 11.4. The molecule has 6 unspecified atom stereocenters. The molecule has 0 spiro atoms. The van der Waals surface area contributed by atoms with Crippen LogP contribution in [0.4, 0.5) is 0 Å². The molecule has 46 heavy (non-hydrogen) atoms. The minimum atomic E-state index is -0.558. The lowest BCUT2D eigenvalue weighted by Gasteiger charge is -2.48. The molecule has 3 aliphatic carbocycles. The molecule has 0 aromatic carbocycles. The maximum absolute atomic E-state index is 14.8. The summed E-state index contributed by atoms with van der Waals surface area (Å²) in [5.74, 6) is 0. The first-order valence-corrected chi connectivity index (χ1v) is 17.1. The quantitative estimate of drug-likeness (QED) is 0.284. The molecule has 10 nitrogen and oxygen atoms in total. The Bertz CT molecular complexity index is 1480. The van der Waals surface area contributed by atoms with E-state index in [4.69, 9.17) is 9.47 Å². The highest BCUT2D eigenvalue weighted by Crippen LogP contribution is 2.53. The number of nitriles is 2. The maximum atomic E-state index is 14.8. The Hall–Kier alpha value is -3.01. The predicted molar refractivity (Wildman–Crippen MR) is 177 cm³/mol. The molecule has 0 saturated heterocycles. The number of hydrogen-bond acceptors (Lipinski definition) is 7. The lowest BCUT2D eigenvalue weighted by molar-refractivity contribution is -0.000414. The molecule has 0 N–H and O–H groups in total. The zero-order valence-electron chi connectivity index (χ0n) is 30.0. The normalized spacial score (nSPS) is 35.0. The van der Waals surface area contributed by atoms with Crippen molar-refractivity contribution in [3.63, 3.8) is 0 Å². The Kier molecular flexibility index (Phi) is 9.52. The van der Waals surface area contributed by atoms with Crippen LogP contribution in [-0.2, 0) is 9.47 Å². The van der Waals surface area contributed by atoms with E-state index in [-0.39, 0.29) is 40.9 Å². The van der Waals surface area contributed by atoms with Crippen molar-refractivity contribution in [1.29, 1.82) is 10.5 Å². The summed E-state index contributed by atoms with van der Waals surface area (Å²) in [6.07, 6.45) is 10.6. The van der Waals surface area contributed by atoms with Crippen molar-refractivity contribution in [3.8, 4) is 12.5 Å². The first-order valence-electron chi connectivity index (χ1n) is 17.1. The van der Waals surface area contributed by atoms with Crippen LogP contribution in [0.1, 0.15) is 152 Å². The molecule has 10 heteroatoms. The van der Waals surface area contributed by atoms with E-state index in [1.165, 1.54) is 13.7 Å².